The van der Waals surface area contributed by atoms with E-state index in [1.807, 2.05) is 36.6 Å². The lowest BCUT2D eigenvalue weighted by Crippen LogP contribution is -2.36. The van der Waals surface area contributed by atoms with Gasteiger partial charge in [0.2, 0.25) is 0 Å². The van der Waals surface area contributed by atoms with E-state index in [1.54, 1.807) is 17.4 Å². The van der Waals surface area contributed by atoms with E-state index >= 15 is 0 Å². The molecule has 23 heavy (non-hydrogen) atoms. The third-order valence-corrected chi connectivity index (χ3v) is 4.36. The summed E-state index contributed by atoms with van der Waals surface area (Å²) in [4.78, 5) is 24.4. The van der Waals surface area contributed by atoms with Crippen molar-refractivity contribution >= 4 is 29.0 Å². The third kappa shape index (κ3) is 3.81. The Morgan fingerprint density at radius 2 is 2.30 bits per heavy atom. The van der Waals surface area contributed by atoms with Crippen molar-refractivity contribution in [2.75, 3.05) is 11.9 Å². The maximum atomic E-state index is 12.0. The van der Waals surface area contributed by atoms with Crippen molar-refractivity contribution in [3.63, 3.8) is 0 Å². The van der Waals surface area contributed by atoms with Crippen LogP contribution >= 0.6 is 11.3 Å². The molecule has 2 heterocycles. The second kappa shape index (κ2) is 6.70. The number of urea groups is 1. The van der Waals surface area contributed by atoms with E-state index < -0.39 is 0 Å². The summed E-state index contributed by atoms with van der Waals surface area (Å²) in [5.41, 5.74) is 1.52. The Morgan fingerprint density at radius 1 is 1.43 bits per heavy atom. The molecule has 0 spiro atoms. The van der Waals surface area contributed by atoms with Crippen molar-refractivity contribution in [3.8, 4) is 5.75 Å². The predicted octanol–water partition coefficient (Wildman–Crippen LogP) is 2.64. The van der Waals surface area contributed by atoms with Gasteiger partial charge in [-0.05, 0) is 36.1 Å². The van der Waals surface area contributed by atoms with Gasteiger partial charge in [-0.15, -0.1) is 11.3 Å². The summed E-state index contributed by atoms with van der Waals surface area (Å²) in [6, 6.07) is 8.99. The summed E-state index contributed by atoms with van der Waals surface area (Å²) >= 11 is 1.60. The highest BCUT2D eigenvalue weighted by Crippen LogP contribution is 2.30. The molecule has 0 bridgehead atoms. The summed E-state index contributed by atoms with van der Waals surface area (Å²) in [6.45, 7) is 2.42. The van der Waals surface area contributed by atoms with Gasteiger partial charge in [-0.25, -0.2) is 4.79 Å². The fourth-order valence-electron chi connectivity index (χ4n) is 2.28. The number of hydrogen-bond acceptors (Lipinski definition) is 4. The molecule has 1 aromatic carbocycles. The van der Waals surface area contributed by atoms with Crippen LogP contribution in [0.2, 0.25) is 0 Å². The van der Waals surface area contributed by atoms with Gasteiger partial charge in [0.1, 0.15) is 5.75 Å². The minimum absolute atomic E-state index is 0.0330. The van der Waals surface area contributed by atoms with Crippen molar-refractivity contribution in [2.45, 2.75) is 19.5 Å². The number of benzene rings is 1. The largest absolute Gasteiger partial charge is 0.482 e. The van der Waals surface area contributed by atoms with E-state index in [1.165, 1.54) is 0 Å². The van der Waals surface area contributed by atoms with E-state index in [0.717, 1.165) is 10.4 Å². The lowest BCUT2D eigenvalue weighted by atomic mass is 10.1. The van der Waals surface area contributed by atoms with Gasteiger partial charge in [0.05, 0.1) is 18.3 Å². The Kier molecular flexibility index (Phi) is 4.47. The van der Waals surface area contributed by atoms with E-state index in [9.17, 15) is 9.59 Å². The highest BCUT2D eigenvalue weighted by molar-refractivity contribution is 7.09. The normalized spacial score (nSPS) is 14.2. The number of amides is 3. The molecule has 120 valence electrons. The van der Waals surface area contributed by atoms with Crippen LogP contribution in [0.4, 0.5) is 10.5 Å². The van der Waals surface area contributed by atoms with Crippen molar-refractivity contribution in [1.82, 2.24) is 10.6 Å². The summed E-state index contributed by atoms with van der Waals surface area (Å²) in [5, 5.41) is 10.4. The molecular weight excluding hydrogens is 314 g/mol. The van der Waals surface area contributed by atoms with E-state index in [0.29, 0.717) is 18.0 Å². The second-order valence-electron chi connectivity index (χ2n) is 5.22. The van der Waals surface area contributed by atoms with Crippen molar-refractivity contribution in [1.29, 1.82) is 0 Å². The van der Waals surface area contributed by atoms with Gasteiger partial charge in [-0.1, -0.05) is 12.1 Å². The molecule has 1 aliphatic rings. The van der Waals surface area contributed by atoms with Gasteiger partial charge in [0.15, 0.2) is 6.61 Å². The molecule has 3 N–H and O–H groups in total. The number of rotatable bonds is 4. The first-order valence-corrected chi connectivity index (χ1v) is 8.13. The molecule has 1 aromatic heterocycles. The van der Waals surface area contributed by atoms with Crippen LogP contribution in [0.5, 0.6) is 5.75 Å². The quantitative estimate of drug-likeness (QED) is 0.806. The highest BCUT2D eigenvalue weighted by Gasteiger charge is 2.18. The molecule has 1 atom stereocenters. The molecule has 0 saturated heterocycles. The fraction of sp³-hybridized carbons (Fsp3) is 0.250. The average molecular weight is 331 g/mol. The molecule has 0 aliphatic carbocycles. The second-order valence-corrected chi connectivity index (χ2v) is 6.25. The molecule has 0 fully saturated rings. The van der Waals surface area contributed by atoms with Crippen LogP contribution < -0.4 is 20.7 Å². The molecule has 2 aromatic rings. The van der Waals surface area contributed by atoms with Crippen LogP contribution in [0, 0.1) is 0 Å². The topological polar surface area (TPSA) is 79.5 Å². The van der Waals surface area contributed by atoms with Gasteiger partial charge in [-0.2, -0.15) is 0 Å². The standard InChI is InChI=1S/C16H17N3O3S/c1-10(18-16(21)17-8-12-3-2-6-23-12)11-4-5-14-13(7-11)19-15(20)9-22-14/h2-7,10H,8-9H2,1H3,(H,19,20)(H2,17,18,21)/t10-/m1/s1. The minimum Gasteiger partial charge on any atom is -0.482 e. The van der Waals surface area contributed by atoms with Gasteiger partial charge in [0.25, 0.3) is 5.91 Å². The zero-order valence-corrected chi connectivity index (χ0v) is 13.4. The molecule has 1 aliphatic heterocycles. The van der Waals surface area contributed by atoms with Crippen molar-refractivity contribution in [3.05, 3.63) is 46.2 Å². The molecule has 6 nitrogen and oxygen atoms in total. The third-order valence-electron chi connectivity index (χ3n) is 3.49. The highest BCUT2D eigenvalue weighted by atomic mass is 32.1. The Balaban J connectivity index is 1.59. The van der Waals surface area contributed by atoms with E-state index in [2.05, 4.69) is 16.0 Å². The first-order valence-electron chi connectivity index (χ1n) is 7.25. The Hall–Kier alpha value is -2.54. The van der Waals surface area contributed by atoms with Crippen LogP contribution in [-0.2, 0) is 11.3 Å². The maximum absolute atomic E-state index is 12.0. The minimum atomic E-state index is -0.232. The smallest absolute Gasteiger partial charge is 0.315 e. The van der Waals surface area contributed by atoms with Crippen LogP contribution in [0.3, 0.4) is 0 Å². The van der Waals surface area contributed by atoms with Gasteiger partial charge >= 0.3 is 6.03 Å². The number of nitrogens with one attached hydrogen (secondary N) is 3. The monoisotopic (exact) mass is 331 g/mol. The van der Waals surface area contributed by atoms with Crippen LogP contribution in [0.1, 0.15) is 23.4 Å². The Morgan fingerprint density at radius 3 is 3.09 bits per heavy atom. The molecule has 7 heteroatoms. The fourth-order valence-corrected chi connectivity index (χ4v) is 2.93. The number of ether oxygens (including phenoxy) is 1. The zero-order chi connectivity index (χ0) is 16.2. The maximum Gasteiger partial charge on any atom is 0.315 e. The summed E-state index contributed by atoms with van der Waals surface area (Å²) < 4.78 is 5.32. The number of carbonyl (C=O) groups excluding carboxylic acids is 2. The van der Waals surface area contributed by atoms with Crippen LogP contribution in [0.15, 0.2) is 35.7 Å². The van der Waals surface area contributed by atoms with Gasteiger partial charge < -0.3 is 20.7 Å². The van der Waals surface area contributed by atoms with Gasteiger partial charge in [0, 0.05) is 4.88 Å². The Bertz CT molecular complexity index is 715. The van der Waals surface area contributed by atoms with Crippen molar-refractivity contribution < 1.29 is 14.3 Å². The lowest BCUT2D eigenvalue weighted by molar-refractivity contribution is -0.118. The van der Waals surface area contributed by atoms with E-state index in [-0.39, 0.29) is 24.6 Å². The number of thiophene rings is 1. The average Bonchev–Trinajstić information content (AvgIpc) is 3.05. The molecule has 0 saturated carbocycles. The molecule has 0 unspecified atom stereocenters. The van der Waals surface area contributed by atoms with E-state index in [4.69, 9.17) is 4.74 Å². The molecule has 3 amide bonds. The van der Waals surface area contributed by atoms with Crippen LogP contribution in [-0.4, -0.2) is 18.5 Å². The first-order chi connectivity index (χ1) is 11.1. The summed E-state index contributed by atoms with van der Waals surface area (Å²) in [6.07, 6.45) is 0. The number of carbonyl (C=O) groups is 2. The lowest BCUT2D eigenvalue weighted by Gasteiger charge is -2.21. The van der Waals surface area contributed by atoms with Gasteiger partial charge in [-0.3, -0.25) is 4.79 Å². The predicted molar refractivity (Wildman–Crippen MR) is 88.7 cm³/mol. The number of anilines is 1. The first kappa shape index (κ1) is 15.4. The SMILES string of the molecule is C[C@@H](NC(=O)NCc1cccs1)c1ccc2c(c1)NC(=O)CO2. The van der Waals surface area contributed by atoms with Crippen LogP contribution in [0.25, 0.3) is 0 Å². The zero-order valence-electron chi connectivity index (χ0n) is 12.6. The summed E-state index contributed by atoms with van der Waals surface area (Å²) in [5.74, 6) is 0.464. The number of fused-ring (bicyclic) bond motifs is 1. The molecular formula is C16H17N3O3S. The summed E-state index contributed by atoms with van der Waals surface area (Å²) in [7, 11) is 0. The molecule has 0 radical (unpaired) electrons. The Labute approximate surface area is 137 Å². The van der Waals surface area contributed by atoms with Crippen molar-refractivity contribution in [2.24, 2.45) is 0 Å². The molecule has 3 rings (SSSR count). The number of hydrogen-bond donors (Lipinski definition) is 3.